The topological polar surface area (TPSA) is 54.5 Å². The summed E-state index contributed by atoms with van der Waals surface area (Å²) in [5.74, 6) is -0.272. The van der Waals surface area contributed by atoms with E-state index in [1.165, 1.54) is 4.31 Å². The Balaban J connectivity index is 2.15. The molecule has 4 nitrogen and oxygen atoms in total. The van der Waals surface area contributed by atoms with Gasteiger partial charge in [0.15, 0.2) is 5.78 Å². The number of hydrogen-bond acceptors (Lipinski definition) is 3. The highest BCUT2D eigenvalue weighted by molar-refractivity contribution is 7.88. The summed E-state index contributed by atoms with van der Waals surface area (Å²) in [6.45, 7) is 2.12. The van der Waals surface area contributed by atoms with Gasteiger partial charge in [-0.1, -0.05) is 67.6 Å². The van der Waals surface area contributed by atoms with Crippen LogP contribution in [0.2, 0.25) is 0 Å². The van der Waals surface area contributed by atoms with Gasteiger partial charge in [0.2, 0.25) is 10.0 Å². The van der Waals surface area contributed by atoms with E-state index in [1.807, 2.05) is 31.2 Å². The SMILES string of the molecule is CCCN(CC(=O)c1ccccc1)S(=O)(=O)Cc1ccccc1. The lowest BCUT2D eigenvalue weighted by Gasteiger charge is -2.21. The third-order valence-corrected chi connectivity index (χ3v) is 5.27. The van der Waals surface area contributed by atoms with Gasteiger partial charge in [0.1, 0.15) is 0 Å². The highest BCUT2D eigenvalue weighted by Gasteiger charge is 2.24. The van der Waals surface area contributed by atoms with E-state index in [0.717, 1.165) is 5.56 Å². The Kier molecular flexibility index (Phi) is 6.07. The highest BCUT2D eigenvalue weighted by Crippen LogP contribution is 2.13. The molecule has 0 spiro atoms. The fourth-order valence-electron chi connectivity index (χ4n) is 2.32. The van der Waals surface area contributed by atoms with Crippen molar-refractivity contribution in [1.82, 2.24) is 4.31 Å². The molecule has 0 radical (unpaired) electrons. The molecule has 0 atom stereocenters. The van der Waals surface area contributed by atoms with Crippen LogP contribution in [0.3, 0.4) is 0 Å². The number of ketones is 1. The minimum atomic E-state index is -3.53. The molecule has 0 heterocycles. The molecule has 122 valence electrons. The molecular formula is C18H21NO3S. The van der Waals surface area contributed by atoms with Crippen molar-refractivity contribution in [3.63, 3.8) is 0 Å². The summed E-state index contributed by atoms with van der Waals surface area (Å²) in [6.07, 6.45) is 0.663. The summed E-state index contributed by atoms with van der Waals surface area (Å²) < 4.78 is 26.5. The number of benzene rings is 2. The number of carbonyl (C=O) groups is 1. The standard InChI is InChI=1S/C18H21NO3S/c1-2-13-19(14-18(20)17-11-7-4-8-12-17)23(21,22)15-16-9-5-3-6-10-16/h3-12H,2,13-15H2,1H3. The largest absolute Gasteiger partial charge is 0.293 e. The van der Waals surface area contributed by atoms with E-state index in [0.29, 0.717) is 18.5 Å². The minimum absolute atomic E-state index is 0.0874. The molecule has 0 saturated carbocycles. The quantitative estimate of drug-likeness (QED) is 0.698. The van der Waals surface area contributed by atoms with Crippen molar-refractivity contribution in [2.45, 2.75) is 19.1 Å². The van der Waals surface area contributed by atoms with Crippen molar-refractivity contribution in [3.05, 3.63) is 71.8 Å². The molecule has 0 N–H and O–H groups in total. The Hall–Kier alpha value is -1.98. The molecule has 0 aromatic heterocycles. The van der Waals surface area contributed by atoms with Crippen LogP contribution in [0.25, 0.3) is 0 Å². The summed E-state index contributed by atoms with van der Waals surface area (Å²) in [7, 11) is -3.53. The Morgan fingerprint density at radius 1 is 0.957 bits per heavy atom. The second-order valence-corrected chi connectivity index (χ2v) is 7.33. The van der Waals surface area contributed by atoms with Gasteiger partial charge in [-0.25, -0.2) is 8.42 Å². The number of sulfonamides is 1. The van der Waals surface area contributed by atoms with Crippen LogP contribution in [-0.2, 0) is 15.8 Å². The zero-order valence-electron chi connectivity index (χ0n) is 13.2. The molecule has 0 amide bonds. The molecule has 0 bridgehead atoms. The van der Waals surface area contributed by atoms with Gasteiger partial charge in [-0.05, 0) is 12.0 Å². The van der Waals surface area contributed by atoms with Crippen LogP contribution in [0.4, 0.5) is 0 Å². The predicted octanol–water partition coefficient (Wildman–Crippen LogP) is 3.11. The van der Waals surface area contributed by atoms with Gasteiger partial charge >= 0.3 is 0 Å². The van der Waals surface area contributed by atoms with Crippen molar-refractivity contribution in [3.8, 4) is 0 Å². The summed E-state index contributed by atoms with van der Waals surface area (Å²) in [5.41, 5.74) is 1.25. The fraction of sp³-hybridized carbons (Fsp3) is 0.278. The highest BCUT2D eigenvalue weighted by atomic mass is 32.2. The summed E-state index contributed by atoms with van der Waals surface area (Å²) in [6, 6.07) is 17.8. The maximum Gasteiger partial charge on any atom is 0.218 e. The van der Waals surface area contributed by atoms with E-state index in [-0.39, 0.29) is 18.1 Å². The Labute approximate surface area is 137 Å². The van der Waals surface area contributed by atoms with Crippen LogP contribution < -0.4 is 0 Å². The first-order chi connectivity index (χ1) is 11.0. The number of carbonyl (C=O) groups excluding carboxylic acids is 1. The normalized spacial score (nSPS) is 11.6. The van der Waals surface area contributed by atoms with Crippen LogP contribution in [-0.4, -0.2) is 31.6 Å². The Morgan fingerprint density at radius 2 is 1.52 bits per heavy atom. The molecular weight excluding hydrogens is 310 g/mol. The van der Waals surface area contributed by atoms with Gasteiger partial charge in [-0.15, -0.1) is 0 Å². The second-order valence-electron chi connectivity index (χ2n) is 5.36. The number of nitrogens with zero attached hydrogens (tertiary/aromatic N) is 1. The monoisotopic (exact) mass is 331 g/mol. The molecule has 0 aliphatic carbocycles. The first kappa shape index (κ1) is 17.4. The van der Waals surface area contributed by atoms with Gasteiger partial charge in [0.05, 0.1) is 12.3 Å². The lowest BCUT2D eigenvalue weighted by Crippen LogP contribution is -2.37. The van der Waals surface area contributed by atoms with Crippen molar-refractivity contribution in [2.24, 2.45) is 0 Å². The molecule has 23 heavy (non-hydrogen) atoms. The Morgan fingerprint density at radius 3 is 2.09 bits per heavy atom. The maximum atomic E-state index is 12.6. The van der Waals surface area contributed by atoms with Crippen molar-refractivity contribution < 1.29 is 13.2 Å². The average Bonchev–Trinajstić information content (AvgIpc) is 2.55. The molecule has 2 rings (SSSR count). The molecule has 0 saturated heterocycles. The maximum absolute atomic E-state index is 12.6. The molecule has 0 aliphatic heterocycles. The third kappa shape index (κ3) is 5.01. The number of Topliss-reactive ketones (excluding diaryl/α,β-unsaturated/α-hetero) is 1. The van der Waals surface area contributed by atoms with E-state index in [2.05, 4.69) is 0 Å². The van der Waals surface area contributed by atoms with Crippen molar-refractivity contribution >= 4 is 15.8 Å². The molecule has 0 aliphatic rings. The number of hydrogen-bond donors (Lipinski definition) is 0. The first-order valence-electron chi connectivity index (χ1n) is 7.63. The number of rotatable bonds is 8. The zero-order valence-corrected chi connectivity index (χ0v) is 14.0. The lowest BCUT2D eigenvalue weighted by molar-refractivity contribution is 0.0966. The van der Waals surface area contributed by atoms with Crippen LogP contribution >= 0.6 is 0 Å². The predicted molar refractivity (Wildman–Crippen MR) is 91.7 cm³/mol. The van der Waals surface area contributed by atoms with E-state index < -0.39 is 10.0 Å². The van der Waals surface area contributed by atoms with E-state index in [1.54, 1.807) is 36.4 Å². The zero-order chi connectivity index (χ0) is 16.7. The fourth-order valence-corrected chi connectivity index (χ4v) is 3.89. The summed E-state index contributed by atoms with van der Waals surface area (Å²) in [4.78, 5) is 12.3. The molecule has 2 aromatic carbocycles. The van der Waals surface area contributed by atoms with Gasteiger partial charge in [0.25, 0.3) is 0 Å². The van der Waals surface area contributed by atoms with Crippen LogP contribution in [0.5, 0.6) is 0 Å². The molecule has 5 heteroatoms. The van der Waals surface area contributed by atoms with Crippen molar-refractivity contribution in [2.75, 3.05) is 13.1 Å². The van der Waals surface area contributed by atoms with Gasteiger partial charge in [-0.2, -0.15) is 4.31 Å². The van der Waals surface area contributed by atoms with Crippen LogP contribution in [0.15, 0.2) is 60.7 Å². The van der Waals surface area contributed by atoms with Crippen LogP contribution in [0.1, 0.15) is 29.3 Å². The lowest BCUT2D eigenvalue weighted by atomic mass is 10.1. The van der Waals surface area contributed by atoms with Crippen LogP contribution in [0, 0.1) is 0 Å². The van der Waals surface area contributed by atoms with E-state index in [9.17, 15) is 13.2 Å². The first-order valence-corrected chi connectivity index (χ1v) is 9.24. The minimum Gasteiger partial charge on any atom is -0.293 e. The smallest absolute Gasteiger partial charge is 0.218 e. The van der Waals surface area contributed by atoms with E-state index >= 15 is 0 Å². The molecule has 2 aromatic rings. The van der Waals surface area contributed by atoms with Gasteiger partial charge in [-0.3, -0.25) is 4.79 Å². The average molecular weight is 331 g/mol. The summed E-state index contributed by atoms with van der Waals surface area (Å²) in [5, 5.41) is 0. The summed E-state index contributed by atoms with van der Waals surface area (Å²) >= 11 is 0. The Bertz CT molecular complexity index is 727. The molecule has 0 fully saturated rings. The third-order valence-electron chi connectivity index (χ3n) is 3.47. The van der Waals surface area contributed by atoms with Gasteiger partial charge in [0, 0.05) is 12.1 Å². The van der Waals surface area contributed by atoms with E-state index in [4.69, 9.17) is 0 Å². The second kappa shape index (κ2) is 8.04. The van der Waals surface area contributed by atoms with Gasteiger partial charge < -0.3 is 0 Å². The molecule has 0 unspecified atom stereocenters. The van der Waals surface area contributed by atoms with Crippen molar-refractivity contribution in [1.29, 1.82) is 0 Å².